The summed E-state index contributed by atoms with van der Waals surface area (Å²) in [6.45, 7) is 5.62. The predicted molar refractivity (Wildman–Crippen MR) is 156 cm³/mol. The van der Waals surface area contributed by atoms with E-state index in [-0.39, 0.29) is 13.0 Å². The zero-order valence-electron chi connectivity index (χ0n) is 27.2. The fraction of sp³-hybridized carbons (Fsp3) is 0.781. The number of esters is 3. The summed E-state index contributed by atoms with van der Waals surface area (Å²) in [6, 6.07) is 0. The van der Waals surface area contributed by atoms with Crippen molar-refractivity contribution in [2.75, 3.05) is 20.3 Å². The van der Waals surface area contributed by atoms with Crippen molar-refractivity contribution in [3.8, 4) is 0 Å². The minimum absolute atomic E-state index is 0.0828. The van der Waals surface area contributed by atoms with Gasteiger partial charge in [0.25, 0.3) is 0 Å². The monoisotopic (exact) mass is 684 g/mol. The number of hydrogen-bond acceptors (Lipinski definition) is 16. The molecule has 0 aromatic rings. The summed E-state index contributed by atoms with van der Waals surface area (Å²) >= 11 is 0. The highest BCUT2D eigenvalue weighted by molar-refractivity contribution is 5.89. The number of aliphatic hydroxyl groups excluding tert-OH is 7. The van der Waals surface area contributed by atoms with Gasteiger partial charge in [-0.15, -0.1) is 0 Å². The van der Waals surface area contributed by atoms with E-state index in [9.17, 15) is 50.1 Å². The standard InChI is InChI=1S/C32H44O16/c1-11(2)6-17(34)48-22-24-31-10-44-32(24,29(42)43-5)26(40)21(38)23(31)30(4)13(8-16(31)47-27(22)41)12(3)7-14(25(30)39)45-28-20(37)19(36)18(35)15(9-33)46-28/h6-7,13-16,18-26,28,33,35-40H,8-10H2,1-5H3/t13-,14+,15+,16+,18+,19-,20+,21+,22+,23+,24+,25+,26-,28+,30-,31+,32?/m0/s1. The number of carbonyl (C=O) groups excluding carboxylic acids is 3. The van der Waals surface area contributed by atoms with Crippen molar-refractivity contribution in [2.24, 2.45) is 28.6 Å². The Morgan fingerprint density at radius 1 is 1.02 bits per heavy atom. The van der Waals surface area contributed by atoms with Crippen LogP contribution in [-0.4, -0.2) is 147 Å². The van der Waals surface area contributed by atoms with Gasteiger partial charge in [-0.1, -0.05) is 24.1 Å². The average molecular weight is 685 g/mol. The lowest BCUT2D eigenvalue weighted by Gasteiger charge is -2.68. The van der Waals surface area contributed by atoms with Gasteiger partial charge >= 0.3 is 17.9 Å². The molecule has 16 heteroatoms. The first kappa shape index (κ1) is 35.3. The van der Waals surface area contributed by atoms with E-state index in [1.54, 1.807) is 33.8 Å². The Morgan fingerprint density at radius 2 is 1.71 bits per heavy atom. The van der Waals surface area contributed by atoms with Gasteiger partial charge in [-0.05, 0) is 33.1 Å². The molecular weight excluding hydrogens is 640 g/mol. The first-order chi connectivity index (χ1) is 22.5. The Bertz CT molecular complexity index is 1390. The van der Waals surface area contributed by atoms with Crippen LogP contribution in [0.2, 0.25) is 0 Å². The van der Waals surface area contributed by atoms with Crippen LogP contribution in [0.5, 0.6) is 0 Å². The molecule has 3 aliphatic heterocycles. The van der Waals surface area contributed by atoms with Gasteiger partial charge in [0.2, 0.25) is 11.7 Å². The second-order valence-corrected chi connectivity index (χ2v) is 14.4. The van der Waals surface area contributed by atoms with E-state index in [1.165, 1.54) is 0 Å². The maximum Gasteiger partial charge on any atom is 0.348 e. The molecule has 1 spiro atoms. The van der Waals surface area contributed by atoms with Crippen molar-refractivity contribution in [3.05, 3.63) is 23.3 Å². The normalized spacial score (nSPS) is 50.7. The summed E-state index contributed by atoms with van der Waals surface area (Å²) in [5.74, 6) is -6.18. The minimum Gasteiger partial charge on any atom is -0.467 e. The van der Waals surface area contributed by atoms with Gasteiger partial charge in [-0.3, -0.25) is 0 Å². The van der Waals surface area contributed by atoms with E-state index >= 15 is 0 Å². The van der Waals surface area contributed by atoms with Crippen molar-refractivity contribution < 1.29 is 78.6 Å². The van der Waals surface area contributed by atoms with Gasteiger partial charge in [0.05, 0.1) is 38.4 Å². The van der Waals surface area contributed by atoms with Crippen LogP contribution in [0.1, 0.15) is 34.1 Å². The van der Waals surface area contributed by atoms with Crippen LogP contribution in [0, 0.1) is 28.6 Å². The van der Waals surface area contributed by atoms with Crippen LogP contribution in [-0.2, 0) is 42.8 Å². The molecule has 6 aliphatic rings. The SMILES string of the molecule is COC(=O)C12OC[C@]34[C@H]([C@@H](O)[C@@H]1O)[C@@]1(C)[C@H](O)[C@H](O[C@@H]5O[C@H](CO)[C@@H](O)[C@H](O)[C@H]5O)C=C(C)[C@@H]1C[C@H]3OC(=O)[C@H](OC(=O)C=C(C)C)[C@@H]24. The Balaban J connectivity index is 1.46. The number of aliphatic hydroxyl groups is 7. The van der Waals surface area contributed by atoms with E-state index in [0.29, 0.717) is 11.1 Å². The van der Waals surface area contributed by atoms with Crippen molar-refractivity contribution in [2.45, 2.75) is 107 Å². The molecule has 0 aromatic carbocycles. The summed E-state index contributed by atoms with van der Waals surface area (Å²) in [5, 5.41) is 77.0. The summed E-state index contributed by atoms with van der Waals surface area (Å²) in [6.07, 6.45) is -14.6. The molecule has 0 radical (unpaired) electrons. The highest BCUT2D eigenvalue weighted by Gasteiger charge is 2.85. The van der Waals surface area contributed by atoms with Gasteiger partial charge in [0.15, 0.2) is 6.29 Å². The lowest BCUT2D eigenvalue weighted by Crippen LogP contribution is -2.80. The molecular formula is C32H44O16. The van der Waals surface area contributed by atoms with Crippen molar-refractivity contribution >= 4 is 17.9 Å². The predicted octanol–water partition coefficient (Wildman–Crippen LogP) is -2.78. The average Bonchev–Trinajstić information content (AvgIpc) is 3.34. The van der Waals surface area contributed by atoms with Gasteiger partial charge in [0.1, 0.15) is 42.7 Å². The number of methoxy groups -OCH3 is 1. The van der Waals surface area contributed by atoms with Crippen LogP contribution in [0.25, 0.3) is 0 Å². The number of hydrogen-bond donors (Lipinski definition) is 7. The fourth-order valence-corrected chi connectivity index (χ4v) is 9.79. The number of carbonyl (C=O) groups is 3. The van der Waals surface area contributed by atoms with E-state index in [2.05, 4.69) is 0 Å². The van der Waals surface area contributed by atoms with Crippen molar-refractivity contribution in [1.29, 1.82) is 0 Å². The van der Waals surface area contributed by atoms with Crippen LogP contribution in [0.3, 0.4) is 0 Å². The Kier molecular flexibility index (Phi) is 8.88. The quantitative estimate of drug-likeness (QED) is 0.0647. The topological polar surface area (TPSA) is 248 Å². The van der Waals surface area contributed by atoms with Gasteiger partial charge in [-0.25, -0.2) is 14.4 Å². The third-order valence-corrected chi connectivity index (χ3v) is 11.8. The Hall–Kier alpha value is -2.51. The first-order valence-corrected chi connectivity index (χ1v) is 16.0. The Morgan fingerprint density at radius 3 is 2.33 bits per heavy atom. The van der Waals surface area contributed by atoms with Crippen LogP contribution in [0.4, 0.5) is 0 Å². The van der Waals surface area contributed by atoms with Gasteiger partial charge in [-0.2, -0.15) is 0 Å². The fourth-order valence-electron chi connectivity index (χ4n) is 9.79. The lowest BCUT2D eigenvalue weighted by atomic mass is 9.37. The lowest BCUT2D eigenvalue weighted by molar-refractivity contribution is -0.330. The molecule has 17 atom stereocenters. The zero-order chi connectivity index (χ0) is 35.2. The second kappa shape index (κ2) is 12.1. The number of allylic oxidation sites excluding steroid dienone is 2. The third-order valence-electron chi connectivity index (χ3n) is 11.8. The molecule has 2 saturated carbocycles. The molecule has 0 aromatic heterocycles. The van der Waals surface area contributed by atoms with Crippen LogP contribution < -0.4 is 0 Å². The van der Waals surface area contributed by atoms with Crippen LogP contribution in [0.15, 0.2) is 23.3 Å². The molecule has 48 heavy (non-hydrogen) atoms. The molecule has 1 unspecified atom stereocenters. The van der Waals surface area contributed by atoms with Gasteiger partial charge in [0, 0.05) is 22.8 Å². The summed E-state index contributed by atoms with van der Waals surface area (Å²) in [5.41, 5.74) is -4.10. The zero-order valence-corrected chi connectivity index (χ0v) is 27.2. The molecule has 6 rings (SSSR count). The summed E-state index contributed by atoms with van der Waals surface area (Å²) in [4.78, 5) is 40.2. The first-order valence-electron chi connectivity index (χ1n) is 16.0. The molecule has 2 bridgehead atoms. The minimum atomic E-state index is -2.35. The molecule has 7 N–H and O–H groups in total. The third kappa shape index (κ3) is 4.61. The van der Waals surface area contributed by atoms with Crippen LogP contribution >= 0.6 is 0 Å². The molecule has 268 valence electrons. The number of ether oxygens (including phenoxy) is 6. The highest BCUT2D eigenvalue weighted by atomic mass is 16.7. The smallest absolute Gasteiger partial charge is 0.348 e. The van der Waals surface area contributed by atoms with Crippen molar-refractivity contribution in [1.82, 2.24) is 0 Å². The Labute approximate surface area is 275 Å². The summed E-state index contributed by atoms with van der Waals surface area (Å²) in [7, 11) is 1.05. The number of fused-ring (bicyclic) bond motifs is 2. The van der Waals surface area contributed by atoms with E-state index < -0.39 is 126 Å². The number of rotatable bonds is 6. The van der Waals surface area contributed by atoms with Gasteiger partial charge < -0.3 is 64.2 Å². The van der Waals surface area contributed by atoms with E-state index in [4.69, 9.17) is 28.4 Å². The summed E-state index contributed by atoms with van der Waals surface area (Å²) < 4.78 is 34.3. The second-order valence-electron chi connectivity index (χ2n) is 14.4. The largest absolute Gasteiger partial charge is 0.467 e. The van der Waals surface area contributed by atoms with E-state index in [0.717, 1.165) is 13.2 Å². The molecule has 3 heterocycles. The maximum atomic E-state index is 13.7. The molecule has 3 aliphatic carbocycles. The van der Waals surface area contributed by atoms with E-state index in [1.807, 2.05) is 0 Å². The van der Waals surface area contributed by atoms with Crippen molar-refractivity contribution in [3.63, 3.8) is 0 Å². The molecule has 3 saturated heterocycles. The maximum absolute atomic E-state index is 13.7. The molecule has 16 nitrogen and oxygen atoms in total. The molecule has 0 amide bonds. The highest BCUT2D eigenvalue weighted by Crippen LogP contribution is 2.73. The molecule has 5 fully saturated rings.